The first-order valence-corrected chi connectivity index (χ1v) is 18.1. The van der Waals surface area contributed by atoms with E-state index in [2.05, 4.69) is 219 Å². The highest BCUT2D eigenvalue weighted by Gasteiger charge is 2.36. The van der Waals surface area contributed by atoms with Crippen LogP contribution in [-0.4, -0.2) is 0 Å². The van der Waals surface area contributed by atoms with Crippen LogP contribution in [0.5, 0.6) is 0 Å². The third-order valence-electron chi connectivity index (χ3n) is 10.7. The molecule has 0 amide bonds. The summed E-state index contributed by atoms with van der Waals surface area (Å²) in [7, 11) is 0. The Morgan fingerprint density at radius 1 is 0.327 bits per heavy atom. The minimum Gasteiger partial charge on any atom is -0.309 e. The van der Waals surface area contributed by atoms with Gasteiger partial charge in [-0.05, 0) is 79.9 Å². The van der Waals surface area contributed by atoms with Crippen LogP contribution in [0.1, 0.15) is 25.0 Å². The summed E-state index contributed by atoms with van der Waals surface area (Å²) in [4.78, 5) is 2.49. The Kier molecular flexibility index (Phi) is 7.90. The minimum atomic E-state index is -0.130. The molecule has 0 fully saturated rings. The van der Waals surface area contributed by atoms with Gasteiger partial charge in [0.15, 0.2) is 0 Å². The van der Waals surface area contributed by atoms with Crippen molar-refractivity contribution in [3.05, 3.63) is 211 Å². The molecule has 1 nitrogen and oxygen atoms in total. The van der Waals surface area contributed by atoms with Crippen LogP contribution in [0, 0.1) is 0 Å². The van der Waals surface area contributed by atoms with Crippen LogP contribution in [0.3, 0.4) is 0 Å². The van der Waals surface area contributed by atoms with Gasteiger partial charge in [0.25, 0.3) is 0 Å². The molecule has 0 atom stereocenters. The van der Waals surface area contributed by atoms with Crippen LogP contribution < -0.4 is 4.90 Å². The Labute approximate surface area is 307 Å². The topological polar surface area (TPSA) is 3.24 Å². The zero-order chi connectivity index (χ0) is 35.1. The molecule has 1 aliphatic rings. The third-order valence-corrected chi connectivity index (χ3v) is 10.7. The monoisotopic (exact) mass is 665 g/mol. The summed E-state index contributed by atoms with van der Waals surface area (Å²) in [5.41, 5.74) is 18.2. The normalized spacial score (nSPS) is 12.6. The molecule has 1 aliphatic carbocycles. The molecule has 0 unspecified atom stereocenters. The maximum absolute atomic E-state index is 2.49. The number of hydrogen-bond acceptors (Lipinski definition) is 1. The first kappa shape index (κ1) is 31.5. The number of rotatable bonds is 7. The highest BCUT2D eigenvalue weighted by molar-refractivity contribution is 6.00. The smallest absolute Gasteiger partial charge is 0.0546 e. The summed E-state index contributed by atoms with van der Waals surface area (Å²) in [6.45, 7) is 4.72. The molecule has 0 heterocycles. The van der Waals surface area contributed by atoms with Crippen molar-refractivity contribution in [2.24, 2.45) is 0 Å². The molecule has 9 rings (SSSR count). The molecular weight excluding hydrogens is 627 g/mol. The molecule has 52 heavy (non-hydrogen) atoms. The Morgan fingerprint density at radius 2 is 0.808 bits per heavy atom. The van der Waals surface area contributed by atoms with E-state index in [-0.39, 0.29) is 5.41 Å². The molecule has 0 aliphatic heterocycles. The Balaban J connectivity index is 1.32. The van der Waals surface area contributed by atoms with Gasteiger partial charge in [0.1, 0.15) is 0 Å². The average molecular weight is 666 g/mol. The van der Waals surface area contributed by atoms with E-state index in [4.69, 9.17) is 0 Å². The van der Waals surface area contributed by atoms with Crippen molar-refractivity contribution in [3.63, 3.8) is 0 Å². The zero-order valence-electron chi connectivity index (χ0n) is 29.5. The lowest BCUT2D eigenvalue weighted by Crippen LogP contribution is -2.17. The molecule has 8 aromatic rings. The van der Waals surface area contributed by atoms with Gasteiger partial charge < -0.3 is 4.90 Å². The Bertz CT molecular complexity index is 2510. The average Bonchev–Trinajstić information content (AvgIpc) is 3.44. The van der Waals surface area contributed by atoms with Gasteiger partial charge in [-0.15, -0.1) is 0 Å². The first-order chi connectivity index (χ1) is 25.6. The van der Waals surface area contributed by atoms with Gasteiger partial charge >= 0.3 is 0 Å². The van der Waals surface area contributed by atoms with Crippen LogP contribution in [0.4, 0.5) is 17.1 Å². The van der Waals surface area contributed by atoms with Crippen LogP contribution in [0.15, 0.2) is 200 Å². The maximum Gasteiger partial charge on any atom is 0.0546 e. The van der Waals surface area contributed by atoms with E-state index >= 15 is 0 Å². The first-order valence-electron chi connectivity index (χ1n) is 18.1. The van der Waals surface area contributed by atoms with Crippen LogP contribution >= 0.6 is 0 Å². The molecule has 0 spiro atoms. The third kappa shape index (κ3) is 5.43. The fourth-order valence-electron chi connectivity index (χ4n) is 8.12. The van der Waals surface area contributed by atoms with E-state index in [1.165, 1.54) is 66.8 Å². The van der Waals surface area contributed by atoms with E-state index in [1.54, 1.807) is 0 Å². The van der Waals surface area contributed by atoms with Gasteiger partial charge in [-0.25, -0.2) is 0 Å². The molecule has 1 heteroatoms. The molecule has 0 aromatic heterocycles. The summed E-state index contributed by atoms with van der Waals surface area (Å²) >= 11 is 0. The van der Waals surface area contributed by atoms with Crippen molar-refractivity contribution < 1.29 is 0 Å². The second-order valence-corrected chi connectivity index (χ2v) is 14.1. The predicted octanol–water partition coefficient (Wildman–Crippen LogP) is 14.1. The van der Waals surface area contributed by atoms with Crippen LogP contribution in [0.25, 0.3) is 55.6 Å². The van der Waals surface area contributed by atoms with Gasteiger partial charge in [-0.2, -0.15) is 0 Å². The van der Waals surface area contributed by atoms with Gasteiger partial charge in [0.2, 0.25) is 0 Å². The van der Waals surface area contributed by atoms with E-state index in [0.29, 0.717) is 0 Å². The number of benzene rings is 8. The fourth-order valence-corrected chi connectivity index (χ4v) is 8.12. The number of nitrogens with zero attached hydrogens (tertiary/aromatic N) is 1. The van der Waals surface area contributed by atoms with Gasteiger partial charge in [-0.3, -0.25) is 0 Å². The summed E-state index contributed by atoms with van der Waals surface area (Å²) in [6.07, 6.45) is 0. The van der Waals surface area contributed by atoms with Crippen LogP contribution in [-0.2, 0) is 5.41 Å². The molecule has 248 valence electrons. The maximum atomic E-state index is 2.49. The largest absolute Gasteiger partial charge is 0.309 e. The Morgan fingerprint density at radius 3 is 1.50 bits per heavy atom. The number of para-hydroxylation sites is 1. The summed E-state index contributed by atoms with van der Waals surface area (Å²) in [5.74, 6) is 0. The number of hydrogen-bond donors (Lipinski definition) is 0. The number of fused-ring (bicyclic) bond motifs is 3. The molecule has 0 N–H and O–H groups in total. The molecule has 8 aromatic carbocycles. The van der Waals surface area contributed by atoms with Gasteiger partial charge in [-0.1, -0.05) is 190 Å². The SMILES string of the molecule is CC1(C)c2ccccc2-c2ccc(N(c3ccccc3-c3ccccc3)c3cccc(-c4ccccc4)c3-c3ccc(-c4ccccc4)cc3)cc21. The minimum absolute atomic E-state index is 0.130. The standard InChI is InChI=1S/C51H39N/c1-51(2)46-26-14-12-24-44(46)45-34-33-41(35-47(45)51)52(48-27-15-13-23-42(48)38-19-8-4-9-20-38)49-28-16-25-43(39-21-10-5-11-22-39)50(49)40-31-29-37(30-32-40)36-17-6-3-7-18-36/h3-35H,1-2H3. The van der Waals surface area contributed by atoms with Crippen molar-refractivity contribution >= 4 is 17.1 Å². The van der Waals surface area contributed by atoms with E-state index in [9.17, 15) is 0 Å². The molecule has 0 bridgehead atoms. The Hall–Kier alpha value is -6.44. The van der Waals surface area contributed by atoms with Crippen molar-refractivity contribution in [1.29, 1.82) is 0 Å². The summed E-state index contributed by atoms with van der Waals surface area (Å²) in [5, 5.41) is 0. The molecular formula is C51H39N. The summed E-state index contributed by atoms with van der Waals surface area (Å²) in [6, 6.07) is 72.9. The van der Waals surface area contributed by atoms with Gasteiger partial charge in [0, 0.05) is 22.2 Å². The number of anilines is 3. The fraction of sp³-hybridized carbons (Fsp3) is 0.0588. The van der Waals surface area contributed by atoms with Crippen molar-refractivity contribution in [2.45, 2.75) is 19.3 Å². The van der Waals surface area contributed by atoms with Gasteiger partial charge in [0.05, 0.1) is 11.4 Å². The lowest BCUT2D eigenvalue weighted by atomic mass is 9.82. The second-order valence-electron chi connectivity index (χ2n) is 14.1. The van der Waals surface area contributed by atoms with E-state index in [0.717, 1.165) is 17.1 Å². The van der Waals surface area contributed by atoms with Crippen molar-refractivity contribution in [1.82, 2.24) is 0 Å². The van der Waals surface area contributed by atoms with Crippen LogP contribution in [0.2, 0.25) is 0 Å². The predicted molar refractivity (Wildman–Crippen MR) is 220 cm³/mol. The zero-order valence-corrected chi connectivity index (χ0v) is 29.5. The van der Waals surface area contributed by atoms with Crippen molar-refractivity contribution in [3.8, 4) is 55.6 Å². The highest BCUT2D eigenvalue weighted by atomic mass is 15.1. The van der Waals surface area contributed by atoms with Crippen molar-refractivity contribution in [2.75, 3.05) is 4.90 Å². The highest BCUT2D eigenvalue weighted by Crippen LogP contribution is 2.53. The second kappa shape index (κ2) is 13.0. The summed E-state index contributed by atoms with van der Waals surface area (Å²) < 4.78 is 0. The quantitative estimate of drug-likeness (QED) is 0.164. The molecule has 0 saturated heterocycles. The van der Waals surface area contributed by atoms with E-state index in [1.807, 2.05) is 0 Å². The molecule has 0 saturated carbocycles. The van der Waals surface area contributed by atoms with E-state index < -0.39 is 0 Å². The lowest BCUT2D eigenvalue weighted by Gasteiger charge is -2.32. The molecule has 0 radical (unpaired) electrons. The lowest BCUT2D eigenvalue weighted by molar-refractivity contribution is 0.660.